The number of hydrogen-bond acceptors (Lipinski definition) is 3. The minimum Gasteiger partial charge on any atom is -0.274 e. The van der Waals surface area contributed by atoms with Gasteiger partial charge in [0.15, 0.2) is 10.8 Å². The molecule has 0 saturated carbocycles. The second kappa shape index (κ2) is 3.15. The summed E-state index contributed by atoms with van der Waals surface area (Å²) >= 11 is 10.7. The van der Waals surface area contributed by atoms with Crippen LogP contribution in [0.25, 0.3) is 0 Å². The zero-order valence-electron chi connectivity index (χ0n) is 5.64. The molecule has 0 aromatic carbocycles. The number of nitrogens with zero attached hydrogens (tertiary/aromatic N) is 2. The molecule has 0 aliphatic rings. The van der Waals surface area contributed by atoms with Crippen molar-refractivity contribution in [3.63, 3.8) is 0 Å². The number of carbonyl (C=O) groups excluding carboxylic acids is 1. The first-order valence-electron chi connectivity index (χ1n) is 2.80. The second-order valence-corrected chi connectivity index (χ2v) is 2.63. The summed E-state index contributed by atoms with van der Waals surface area (Å²) in [5.74, 6) is 0. The Labute approximate surface area is 73.4 Å². The smallest absolute Gasteiger partial charge is 0.274 e. The summed E-state index contributed by atoms with van der Waals surface area (Å²) in [6.07, 6.45) is 1.43. The monoisotopic (exact) mass is 190 g/mol. The molecule has 0 radical (unpaired) electrons. The SMILES string of the molecule is Cc1cnc(C(=O)Cl)c(Cl)n1. The molecule has 0 saturated heterocycles. The predicted octanol–water partition coefficient (Wildman–Crippen LogP) is 1.82. The fourth-order valence-electron chi connectivity index (χ4n) is 0.580. The summed E-state index contributed by atoms with van der Waals surface area (Å²) in [5, 5.41) is -0.646. The van der Waals surface area contributed by atoms with Gasteiger partial charge in [-0.05, 0) is 18.5 Å². The molecule has 0 aliphatic carbocycles. The van der Waals surface area contributed by atoms with Crippen molar-refractivity contribution in [1.82, 2.24) is 9.97 Å². The quantitative estimate of drug-likeness (QED) is 0.635. The Bertz CT molecular complexity index is 301. The van der Waals surface area contributed by atoms with Crippen LogP contribution >= 0.6 is 23.2 Å². The van der Waals surface area contributed by atoms with Gasteiger partial charge in [-0.3, -0.25) is 4.79 Å². The largest absolute Gasteiger partial charge is 0.274 e. The van der Waals surface area contributed by atoms with Crippen LogP contribution in [0.2, 0.25) is 5.15 Å². The first kappa shape index (κ1) is 8.43. The molecular formula is C6H4Cl2N2O. The highest BCUT2D eigenvalue weighted by molar-refractivity contribution is 6.68. The van der Waals surface area contributed by atoms with Crippen molar-refractivity contribution in [3.8, 4) is 0 Å². The van der Waals surface area contributed by atoms with E-state index in [1.54, 1.807) is 6.92 Å². The molecule has 58 valence electrons. The maximum absolute atomic E-state index is 10.6. The molecule has 11 heavy (non-hydrogen) atoms. The molecule has 1 rings (SSSR count). The molecule has 1 aromatic heterocycles. The molecular weight excluding hydrogens is 187 g/mol. The van der Waals surface area contributed by atoms with Crippen molar-refractivity contribution >= 4 is 28.4 Å². The van der Waals surface area contributed by atoms with E-state index in [9.17, 15) is 4.79 Å². The van der Waals surface area contributed by atoms with Crippen LogP contribution < -0.4 is 0 Å². The lowest BCUT2D eigenvalue weighted by Gasteiger charge is -1.96. The molecule has 0 fully saturated rings. The lowest BCUT2D eigenvalue weighted by Crippen LogP contribution is -1.98. The van der Waals surface area contributed by atoms with Gasteiger partial charge in [0.25, 0.3) is 5.24 Å². The van der Waals surface area contributed by atoms with E-state index < -0.39 is 5.24 Å². The third-order valence-electron chi connectivity index (χ3n) is 1.04. The van der Waals surface area contributed by atoms with E-state index in [0.717, 1.165) is 0 Å². The molecule has 0 aliphatic heterocycles. The lowest BCUT2D eigenvalue weighted by molar-refractivity contribution is 0.107. The Morgan fingerprint density at radius 2 is 2.27 bits per heavy atom. The van der Waals surface area contributed by atoms with Gasteiger partial charge >= 0.3 is 0 Å². The van der Waals surface area contributed by atoms with E-state index in [-0.39, 0.29) is 10.8 Å². The Kier molecular flexibility index (Phi) is 2.42. The number of aryl methyl sites for hydroxylation is 1. The third-order valence-corrected chi connectivity index (χ3v) is 1.48. The molecule has 0 atom stereocenters. The molecule has 5 heteroatoms. The molecule has 0 amide bonds. The van der Waals surface area contributed by atoms with Crippen LogP contribution in [0.5, 0.6) is 0 Å². The summed E-state index contributed by atoms with van der Waals surface area (Å²) in [6, 6.07) is 0. The molecule has 3 nitrogen and oxygen atoms in total. The van der Waals surface area contributed by atoms with Crippen molar-refractivity contribution < 1.29 is 4.79 Å². The third kappa shape index (κ3) is 1.88. The van der Waals surface area contributed by atoms with Crippen LogP contribution in [-0.2, 0) is 0 Å². The molecule has 1 heterocycles. The number of carbonyl (C=O) groups is 1. The fraction of sp³-hybridized carbons (Fsp3) is 0.167. The van der Waals surface area contributed by atoms with Crippen molar-refractivity contribution in [2.75, 3.05) is 0 Å². The van der Waals surface area contributed by atoms with Crippen LogP contribution in [0.3, 0.4) is 0 Å². The maximum atomic E-state index is 10.6. The van der Waals surface area contributed by atoms with Crippen molar-refractivity contribution in [1.29, 1.82) is 0 Å². The van der Waals surface area contributed by atoms with Gasteiger partial charge in [0.2, 0.25) is 0 Å². The minimum absolute atomic E-state index is 0.000988. The Morgan fingerprint density at radius 1 is 1.64 bits per heavy atom. The Balaban J connectivity index is 3.20. The van der Waals surface area contributed by atoms with Crippen LogP contribution in [0.4, 0.5) is 0 Å². The second-order valence-electron chi connectivity index (χ2n) is 1.92. The summed E-state index contributed by atoms with van der Waals surface area (Å²) in [4.78, 5) is 18.0. The number of hydrogen-bond donors (Lipinski definition) is 0. The van der Waals surface area contributed by atoms with Gasteiger partial charge in [0.05, 0.1) is 5.69 Å². The molecule has 0 N–H and O–H groups in total. The highest BCUT2D eigenvalue weighted by Crippen LogP contribution is 2.12. The molecule has 0 unspecified atom stereocenters. The number of rotatable bonds is 1. The Morgan fingerprint density at radius 3 is 2.73 bits per heavy atom. The molecule has 0 spiro atoms. The van der Waals surface area contributed by atoms with Crippen LogP contribution in [0.15, 0.2) is 6.20 Å². The van der Waals surface area contributed by atoms with E-state index in [4.69, 9.17) is 23.2 Å². The van der Waals surface area contributed by atoms with E-state index in [2.05, 4.69) is 9.97 Å². The van der Waals surface area contributed by atoms with Gasteiger partial charge in [-0.15, -0.1) is 0 Å². The van der Waals surface area contributed by atoms with Crippen LogP contribution in [0.1, 0.15) is 16.2 Å². The molecule has 0 bridgehead atoms. The van der Waals surface area contributed by atoms with Gasteiger partial charge < -0.3 is 0 Å². The predicted molar refractivity (Wildman–Crippen MR) is 42.0 cm³/mol. The van der Waals surface area contributed by atoms with Gasteiger partial charge in [0.1, 0.15) is 0 Å². The summed E-state index contributed by atoms with van der Waals surface area (Å²) in [7, 11) is 0. The van der Waals surface area contributed by atoms with E-state index in [0.29, 0.717) is 5.69 Å². The average Bonchev–Trinajstić information content (AvgIpc) is 1.85. The number of halogens is 2. The standard InChI is InChI=1S/C6H4Cl2N2O/c1-3-2-9-4(6(8)11)5(7)10-3/h2H,1H3. The highest BCUT2D eigenvalue weighted by atomic mass is 35.5. The van der Waals surface area contributed by atoms with Crippen LogP contribution in [-0.4, -0.2) is 15.2 Å². The molecule has 1 aromatic rings. The summed E-state index contributed by atoms with van der Waals surface area (Å²) in [6.45, 7) is 1.72. The maximum Gasteiger partial charge on any atom is 0.274 e. The van der Waals surface area contributed by atoms with E-state index >= 15 is 0 Å². The van der Waals surface area contributed by atoms with Gasteiger partial charge in [-0.25, -0.2) is 9.97 Å². The normalized spacial score (nSPS) is 9.73. The highest BCUT2D eigenvalue weighted by Gasteiger charge is 2.09. The summed E-state index contributed by atoms with van der Waals surface area (Å²) in [5.41, 5.74) is 0.649. The topological polar surface area (TPSA) is 42.9 Å². The summed E-state index contributed by atoms with van der Waals surface area (Å²) < 4.78 is 0. The Hall–Kier alpha value is -0.670. The first-order chi connectivity index (χ1) is 5.11. The van der Waals surface area contributed by atoms with Crippen molar-refractivity contribution in [2.45, 2.75) is 6.92 Å². The first-order valence-corrected chi connectivity index (χ1v) is 3.56. The zero-order valence-corrected chi connectivity index (χ0v) is 7.15. The average molecular weight is 191 g/mol. The minimum atomic E-state index is -0.692. The van der Waals surface area contributed by atoms with Crippen molar-refractivity contribution in [3.05, 3.63) is 22.7 Å². The fourth-order valence-corrected chi connectivity index (χ4v) is 1.03. The van der Waals surface area contributed by atoms with Gasteiger partial charge in [0, 0.05) is 6.20 Å². The van der Waals surface area contributed by atoms with E-state index in [1.807, 2.05) is 0 Å². The van der Waals surface area contributed by atoms with Gasteiger partial charge in [-0.2, -0.15) is 0 Å². The number of aromatic nitrogens is 2. The van der Waals surface area contributed by atoms with Gasteiger partial charge in [-0.1, -0.05) is 11.6 Å². The van der Waals surface area contributed by atoms with E-state index in [1.165, 1.54) is 6.20 Å². The zero-order chi connectivity index (χ0) is 8.43. The van der Waals surface area contributed by atoms with Crippen LogP contribution in [0, 0.1) is 6.92 Å². The van der Waals surface area contributed by atoms with Crippen molar-refractivity contribution in [2.24, 2.45) is 0 Å². The lowest BCUT2D eigenvalue weighted by atomic mass is 10.4.